The van der Waals surface area contributed by atoms with Crippen molar-refractivity contribution in [2.24, 2.45) is 0 Å². The highest BCUT2D eigenvalue weighted by atomic mass is 32.1. The minimum atomic E-state index is -0.0356. The molecule has 0 saturated heterocycles. The van der Waals surface area contributed by atoms with E-state index in [4.69, 9.17) is 5.73 Å². The molecule has 0 unspecified atom stereocenters. The molecule has 2 heterocycles. The van der Waals surface area contributed by atoms with Crippen LogP contribution in [-0.4, -0.2) is 10.8 Å². The second-order valence-corrected chi connectivity index (χ2v) is 3.95. The highest BCUT2D eigenvalue weighted by Gasteiger charge is 2.11. The third-order valence-corrected chi connectivity index (χ3v) is 2.78. The molecule has 0 saturated carbocycles. The van der Waals surface area contributed by atoms with Gasteiger partial charge >= 0.3 is 0 Å². The van der Waals surface area contributed by atoms with Crippen LogP contribution in [0, 0.1) is 0 Å². The second-order valence-electron chi connectivity index (χ2n) is 3.17. The molecule has 15 heavy (non-hydrogen) atoms. The second kappa shape index (κ2) is 4.23. The Bertz CT molecular complexity index is 465. The summed E-state index contributed by atoms with van der Waals surface area (Å²) in [5.74, 6) is -0.0356. The molecule has 2 N–H and O–H groups in total. The maximum Gasteiger partial charge on any atom is 0.187 e. The molecule has 76 valence electrons. The molecule has 0 fully saturated rings. The molecule has 0 bridgehead atoms. The van der Waals surface area contributed by atoms with Crippen LogP contribution in [0.25, 0.3) is 0 Å². The lowest BCUT2D eigenvalue weighted by Crippen LogP contribution is -2.08. The fraction of sp³-hybridized carbons (Fsp3) is 0.0909. The average Bonchev–Trinajstić information content (AvgIpc) is 2.71. The fourth-order valence-corrected chi connectivity index (χ4v) is 1.98. The van der Waals surface area contributed by atoms with Gasteiger partial charge in [-0.15, -0.1) is 0 Å². The number of anilines is 1. The van der Waals surface area contributed by atoms with Crippen molar-refractivity contribution in [2.75, 3.05) is 5.73 Å². The van der Waals surface area contributed by atoms with Crippen LogP contribution in [-0.2, 0) is 6.42 Å². The number of nitrogens with zero attached hydrogens (tertiary/aromatic N) is 1. The Morgan fingerprint density at radius 3 is 3.00 bits per heavy atom. The van der Waals surface area contributed by atoms with E-state index < -0.39 is 0 Å². The van der Waals surface area contributed by atoms with Crippen LogP contribution in [0.5, 0.6) is 0 Å². The van der Waals surface area contributed by atoms with E-state index >= 15 is 0 Å². The number of ketones is 1. The van der Waals surface area contributed by atoms with Crippen molar-refractivity contribution in [3.63, 3.8) is 0 Å². The Morgan fingerprint density at radius 1 is 1.47 bits per heavy atom. The zero-order chi connectivity index (χ0) is 10.7. The van der Waals surface area contributed by atoms with Crippen LogP contribution in [0.4, 0.5) is 5.69 Å². The molecular formula is C11H10N2OS. The van der Waals surface area contributed by atoms with Crippen molar-refractivity contribution in [2.45, 2.75) is 6.42 Å². The highest BCUT2D eigenvalue weighted by molar-refractivity contribution is 7.08. The van der Waals surface area contributed by atoms with E-state index in [1.54, 1.807) is 29.7 Å². The molecule has 0 aromatic carbocycles. The van der Waals surface area contributed by atoms with Gasteiger partial charge in [0.15, 0.2) is 5.78 Å². The number of carbonyl (C=O) groups excluding carboxylic acids is 1. The van der Waals surface area contributed by atoms with Gasteiger partial charge in [-0.3, -0.25) is 9.78 Å². The SMILES string of the molecule is Nc1cccnc1C(=O)Cc1ccsc1. The van der Waals surface area contributed by atoms with Gasteiger partial charge in [-0.25, -0.2) is 0 Å². The summed E-state index contributed by atoms with van der Waals surface area (Å²) in [6, 6.07) is 5.34. The first kappa shape index (κ1) is 9.86. The molecule has 0 aliphatic rings. The first-order valence-electron chi connectivity index (χ1n) is 4.52. The van der Waals surface area contributed by atoms with E-state index in [1.165, 1.54) is 0 Å². The number of hydrogen-bond donors (Lipinski definition) is 1. The number of nitrogens with two attached hydrogens (primary N) is 1. The Labute approximate surface area is 91.6 Å². The van der Waals surface area contributed by atoms with Crippen LogP contribution < -0.4 is 5.73 Å². The summed E-state index contributed by atoms with van der Waals surface area (Å²) >= 11 is 1.58. The summed E-state index contributed by atoms with van der Waals surface area (Å²) in [6.45, 7) is 0. The van der Waals surface area contributed by atoms with E-state index in [0.717, 1.165) is 5.56 Å². The Morgan fingerprint density at radius 2 is 2.33 bits per heavy atom. The van der Waals surface area contributed by atoms with Crippen molar-refractivity contribution < 1.29 is 4.79 Å². The minimum absolute atomic E-state index is 0.0356. The smallest absolute Gasteiger partial charge is 0.187 e. The summed E-state index contributed by atoms with van der Waals surface area (Å²) in [4.78, 5) is 15.8. The van der Waals surface area contributed by atoms with Crippen molar-refractivity contribution >= 4 is 22.8 Å². The Hall–Kier alpha value is -1.68. The van der Waals surface area contributed by atoms with Crippen LogP contribution in [0.15, 0.2) is 35.2 Å². The van der Waals surface area contributed by atoms with Gasteiger partial charge in [0, 0.05) is 12.6 Å². The monoisotopic (exact) mass is 218 g/mol. The summed E-state index contributed by atoms with van der Waals surface area (Å²) in [5.41, 5.74) is 7.49. The van der Waals surface area contributed by atoms with Gasteiger partial charge in [-0.1, -0.05) is 0 Å². The Kier molecular flexibility index (Phi) is 2.78. The zero-order valence-corrected chi connectivity index (χ0v) is 8.83. The third-order valence-electron chi connectivity index (χ3n) is 2.05. The normalized spacial score (nSPS) is 10.1. The number of rotatable bonds is 3. The first-order chi connectivity index (χ1) is 7.27. The molecular weight excluding hydrogens is 208 g/mol. The lowest BCUT2D eigenvalue weighted by atomic mass is 10.1. The largest absolute Gasteiger partial charge is 0.397 e. The number of aromatic nitrogens is 1. The molecule has 2 rings (SSSR count). The first-order valence-corrected chi connectivity index (χ1v) is 5.46. The third kappa shape index (κ3) is 2.22. The van der Waals surface area contributed by atoms with E-state index in [1.807, 2.05) is 16.8 Å². The van der Waals surface area contributed by atoms with E-state index in [9.17, 15) is 4.79 Å². The Balaban J connectivity index is 2.19. The maximum absolute atomic E-state index is 11.8. The van der Waals surface area contributed by atoms with Gasteiger partial charge in [-0.05, 0) is 34.5 Å². The van der Waals surface area contributed by atoms with Crippen molar-refractivity contribution in [1.82, 2.24) is 4.98 Å². The van der Waals surface area contributed by atoms with Gasteiger partial charge in [0.2, 0.25) is 0 Å². The molecule has 3 nitrogen and oxygen atoms in total. The number of Topliss-reactive ketones (excluding diaryl/α,β-unsaturated/α-hetero) is 1. The van der Waals surface area contributed by atoms with E-state index in [-0.39, 0.29) is 5.78 Å². The quantitative estimate of drug-likeness (QED) is 0.803. The molecule has 0 aliphatic carbocycles. The van der Waals surface area contributed by atoms with Crippen LogP contribution in [0.1, 0.15) is 16.1 Å². The molecule has 2 aromatic rings. The summed E-state index contributed by atoms with van der Waals surface area (Å²) in [6.07, 6.45) is 1.95. The number of hydrogen-bond acceptors (Lipinski definition) is 4. The van der Waals surface area contributed by atoms with Gasteiger partial charge in [-0.2, -0.15) is 11.3 Å². The predicted octanol–water partition coefficient (Wildman–Crippen LogP) is 2.15. The number of carbonyl (C=O) groups is 1. The number of thiophene rings is 1. The van der Waals surface area contributed by atoms with Crippen molar-refractivity contribution in [1.29, 1.82) is 0 Å². The summed E-state index contributed by atoms with van der Waals surface area (Å²) < 4.78 is 0. The minimum Gasteiger partial charge on any atom is -0.397 e. The lowest BCUT2D eigenvalue weighted by Gasteiger charge is -2.01. The van der Waals surface area contributed by atoms with Crippen molar-refractivity contribution in [3.05, 3.63) is 46.4 Å². The molecule has 0 amide bonds. The molecule has 0 atom stereocenters. The van der Waals surface area contributed by atoms with E-state index in [2.05, 4.69) is 4.98 Å². The lowest BCUT2D eigenvalue weighted by molar-refractivity contribution is 0.0989. The molecule has 2 aromatic heterocycles. The average molecular weight is 218 g/mol. The molecule has 0 radical (unpaired) electrons. The summed E-state index contributed by atoms with van der Waals surface area (Å²) in [5, 5.41) is 3.90. The molecule has 4 heteroatoms. The predicted molar refractivity (Wildman–Crippen MR) is 61.0 cm³/mol. The van der Waals surface area contributed by atoms with Crippen molar-refractivity contribution in [3.8, 4) is 0 Å². The van der Waals surface area contributed by atoms with Gasteiger partial charge in [0.05, 0.1) is 5.69 Å². The highest BCUT2D eigenvalue weighted by Crippen LogP contribution is 2.13. The standard InChI is InChI=1S/C11H10N2OS/c12-9-2-1-4-13-11(9)10(14)6-8-3-5-15-7-8/h1-5,7H,6,12H2. The maximum atomic E-state index is 11.8. The van der Waals surface area contributed by atoms with E-state index in [0.29, 0.717) is 17.8 Å². The van der Waals surface area contributed by atoms with Gasteiger partial charge < -0.3 is 5.73 Å². The topological polar surface area (TPSA) is 56.0 Å². The molecule has 0 aliphatic heterocycles. The van der Waals surface area contributed by atoms with Crippen LogP contribution in [0.3, 0.4) is 0 Å². The number of pyridine rings is 1. The number of nitrogen functional groups attached to an aromatic ring is 1. The van der Waals surface area contributed by atoms with Gasteiger partial charge in [0.25, 0.3) is 0 Å². The zero-order valence-electron chi connectivity index (χ0n) is 8.01. The molecule has 0 spiro atoms. The fourth-order valence-electron chi connectivity index (χ4n) is 1.31. The van der Waals surface area contributed by atoms with Crippen LogP contribution in [0.2, 0.25) is 0 Å². The summed E-state index contributed by atoms with van der Waals surface area (Å²) in [7, 11) is 0. The van der Waals surface area contributed by atoms with Gasteiger partial charge in [0.1, 0.15) is 5.69 Å². The van der Waals surface area contributed by atoms with Crippen LogP contribution >= 0.6 is 11.3 Å².